The molecule has 0 radical (unpaired) electrons. The number of thiazole rings is 2. The predicted molar refractivity (Wildman–Crippen MR) is 99.6 cm³/mol. The number of aryl methyl sites for hydroxylation is 1. The van der Waals surface area contributed by atoms with Crippen molar-refractivity contribution in [2.24, 2.45) is 0 Å². The Bertz CT molecular complexity index is 1130. The summed E-state index contributed by atoms with van der Waals surface area (Å²) in [4.78, 5) is 33.8. The average Bonchev–Trinajstić information content (AvgIpc) is 3.25. The van der Waals surface area contributed by atoms with E-state index in [1.54, 1.807) is 11.6 Å². The SMILES string of the molecule is Cc1ccc(-c2csc(NC(=O)c3cnc4sccn4c3=O)n2)cc1. The van der Waals surface area contributed by atoms with E-state index in [1.807, 2.05) is 36.6 Å². The highest BCUT2D eigenvalue weighted by atomic mass is 32.1. The highest BCUT2D eigenvalue weighted by Gasteiger charge is 2.15. The summed E-state index contributed by atoms with van der Waals surface area (Å²) < 4.78 is 1.36. The highest BCUT2D eigenvalue weighted by Crippen LogP contribution is 2.25. The molecule has 0 atom stereocenters. The van der Waals surface area contributed by atoms with Crippen molar-refractivity contribution in [3.05, 3.63) is 68.9 Å². The summed E-state index contributed by atoms with van der Waals surface area (Å²) in [6, 6.07) is 7.98. The van der Waals surface area contributed by atoms with E-state index >= 15 is 0 Å². The normalized spacial score (nSPS) is 10.9. The molecule has 0 bridgehead atoms. The summed E-state index contributed by atoms with van der Waals surface area (Å²) in [6.45, 7) is 2.02. The van der Waals surface area contributed by atoms with Gasteiger partial charge in [-0.2, -0.15) is 0 Å². The van der Waals surface area contributed by atoms with Crippen LogP contribution in [0.4, 0.5) is 5.13 Å². The van der Waals surface area contributed by atoms with Gasteiger partial charge in [0.25, 0.3) is 11.5 Å². The van der Waals surface area contributed by atoms with Crippen LogP contribution in [0.5, 0.6) is 0 Å². The Balaban J connectivity index is 1.59. The summed E-state index contributed by atoms with van der Waals surface area (Å²) in [5.41, 5.74) is 2.53. The van der Waals surface area contributed by atoms with Crippen LogP contribution in [0.15, 0.2) is 52.2 Å². The second kappa shape index (κ2) is 6.23. The van der Waals surface area contributed by atoms with Gasteiger partial charge in [-0.3, -0.25) is 19.3 Å². The molecule has 4 aromatic rings. The topological polar surface area (TPSA) is 76.4 Å². The molecule has 6 nitrogen and oxygen atoms in total. The maximum Gasteiger partial charge on any atom is 0.271 e. The fraction of sp³-hybridized carbons (Fsp3) is 0.0588. The largest absolute Gasteiger partial charge is 0.298 e. The smallest absolute Gasteiger partial charge is 0.271 e. The minimum Gasteiger partial charge on any atom is -0.298 e. The number of hydrogen-bond donors (Lipinski definition) is 1. The minimum absolute atomic E-state index is 0.0111. The van der Waals surface area contributed by atoms with Gasteiger partial charge in [0.1, 0.15) is 5.56 Å². The summed E-state index contributed by atoms with van der Waals surface area (Å²) in [6.07, 6.45) is 2.91. The highest BCUT2D eigenvalue weighted by molar-refractivity contribution is 7.15. The number of hydrogen-bond acceptors (Lipinski definition) is 6. The maximum atomic E-state index is 12.4. The third-order valence-electron chi connectivity index (χ3n) is 3.66. The zero-order chi connectivity index (χ0) is 17.4. The van der Waals surface area contributed by atoms with Crippen LogP contribution in [0, 0.1) is 6.92 Å². The van der Waals surface area contributed by atoms with E-state index in [9.17, 15) is 9.59 Å². The van der Waals surface area contributed by atoms with E-state index in [-0.39, 0.29) is 11.1 Å². The Labute approximate surface area is 150 Å². The molecule has 0 saturated heterocycles. The molecule has 0 spiro atoms. The van der Waals surface area contributed by atoms with Crippen molar-refractivity contribution in [2.75, 3.05) is 5.32 Å². The molecule has 124 valence electrons. The summed E-state index contributed by atoms with van der Waals surface area (Å²) in [7, 11) is 0. The van der Waals surface area contributed by atoms with E-state index in [4.69, 9.17) is 0 Å². The van der Waals surface area contributed by atoms with Crippen LogP contribution in [-0.4, -0.2) is 20.3 Å². The van der Waals surface area contributed by atoms with Crippen LogP contribution < -0.4 is 10.9 Å². The van der Waals surface area contributed by atoms with Crippen molar-refractivity contribution in [3.8, 4) is 11.3 Å². The van der Waals surface area contributed by atoms with Gasteiger partial charge in [0, 0.05) is 28.7 Å². The van der Waals surface area contributed by atoms with E-state index in [2.05, 4.69) is 15.3 Å². The molecule has 0 saturated carbocycles. The lowest BCUT2D eigenvalue weighted by atomic mass is 10.1. The molecule has 3 heterocycles. The number of aromatic nitrogens is 3. The number of amides is 1. The first kappa shape index (κ1) is 15.7. The van der Waals surface area contributed by atoms with Crippen LogP contribution in [0.2, 0.25) is 0 Å². The number of benzene rings is 1. The standard InChI is InChI=1S/C17H12N4O2S2/c1-10-2-4-11(5-3-10)13-9-25-16(19-13)20-14(22)12-8-18-17-21(15(12)23)6-7-24-17/h2-9H,1H3,(H,19,20,22). The van der Waals surface area contributed by atoms with Crippen LogP contribution >= 0.6 is 22.7 Å². The van der Waals surface area contributed by atoms with E-state index in [0.29, 0.717) is 10.1 Å². The van der Waals surface area contributed by atoms with E-state index in [0.717, 1.165) is 11.3 Å². The molecule has 1 aromatic carbocycles. The minimum atomic E-state index is -0.511. The van der Waals surface area contributed by atoms with Crippen molar-refractivity contribution in [1.82, 2.24) is 14.4 Å². The summed E-state index contributed by atoms with van der Waals surface area (Å²) in [5, 5.41) is 6.73. The fourth-order valence-electron chi connectivity index (χ4n) is 2.33. The van der Waals surface area contributed by atoms with Gasteiger partial charge in [-0.1, -0.05) is 29.8 Å². The fourth-order valence-corrected chi connectivity index (χ4v) is 3.72. The lowest BCUT2D eigenvalue weighted by Crippen LogP contribution is -2.25. The Morgan fingerprint density at radius 3 is 2.80 bits per heavy atom. The first-order valence-corrected chi connectivity index (χ1v) is 9.16. The van der Waals surface area contributed by atoms with Gasteiger partial charge in [0.05, 0.1) is 5.69 Å². The van der Waals surface area contributed by atoms with Crippen molar-refractivity contribution in [1.29, 1.82) is 0 Å². The summed E-state index contributed by atoms with van der Waals surface area (Å²) in [5.74, 6) is -0.511. The maximum absolute atomic E-state index is 12.4. The van der Waals surface area contributed by atoms with Gasteiger partial charge in [0.15, 0.2) is 10.1 Å². The van der Waals surface area contributed by atoms with Crippen LogP contribution in [0.25, 0.3) is 16.2 Å². The quantitative estimate of drug-likeness (QED) is 0.601. The van der Waals surface area contributed by atoms with Gasteiger partial charge in [-0.05, 0) is 6.92 Å². The third-order valence-corrected chi connectivity index (χ3v) is 5.19. The molecule has 4 rings (SSSR count). The molecule has 0 aliphatic carbocycles. The van der Waals surface area contributed by atoms with Crippen LogP contribution in [-0.2, 0) is 0 Å². The molecule has 1 N–H and O–H groups in total. The van der Waals surface area contributed by atoms with Crippen molar-refractivity contribution in [3.63, 3.8) is 0 Å². The zero-order valence-electron chi connectivity index (χ0n) is 13.1. The third kappa shape index (κ3) is 2.97. The number of carbonyl (C=O) groups excluding carboxylic acids is 1. The zero-order valence-corrected chi connectivity index (χ0v) is 14.7. The number of nitrogens with zero attached hydrogens (tertiary/aromatic N) is 3. The lowest BCUT2D eigenvalue weighted by molar-refractivity contribution is 0.102. The van der Waals surface area contributed by atoms with Crippen LogP contribution in [0.1, 0.15) is 15.9 Å². The van der Waals surface area contributed by atoms with Crippen molar-refractivity contribution < 1.29 is 4.79 Å². The monoisotopic (exact) mass is 368 g/mol. The lowest BCUT2D eigenvalue weighted by Gasteiger charge is -2.01. The Morgan fingerprint density at radius 1 is 1.20 bits per heavy atom. The molecule has 1 amide bonds. The van der Waals surface area contributed by atoms with E-state index < -0.39 is 5.91 Å². The van der Waals surface area contributed by atoms with Crippen molar-refractivity contribution >= 4 is 38.7 Å². The van der Waals surface area contributed by atoms with E-state index in [1.165, 1.54) is 38.8 Å². The molecule has 0 aliphatic rings. The second-order valence-corrected chi connectivity index (χ2v) is 7.12. The number of nitrogens with one attached hydrogen (secondary N) is 1. The molecular formula is C17H12N4O2S2. The Hall–Kier alpha value is -2.84. The number of carbonyl (C=O) groups is 1. The molecule has 25 heavy (non-hydrogen) atoms. The van der Waals surface area contributed by atoms with Gasteiger partial charge >= 0.3 is 0 Å². The Morgan fingerprint density at radius 2 is 2.00 bits per heavy atom. The number of anilines is 1. The van der Waals surface area contributed by atoms with Gasteiger partial charge in [-0.25, -0.2) is 9.97 Å². The Kier molecular flexibility index (Phi) is 3.90. The first-order valence-electron chi connectivity index (χ1n) is 7.40. The summed E-state index contributed by atoms with van der Waals surface area (Å²) >= 11 is 2.65. The molecule has 0 fully saturated rings. The van der Waals surface area contributed by atoms with Gasteiger partial charge in [0.2, 0.25) is 0 Å². The van der Waals surface area contributed by atoms with Gasteiger partial charge < -0.3 is 0 Å². The van der Waals surface area contributed by atoms with Crippen molar-refractivity contribution in [2.45, 2.75) is 6.92 Å². The predicted octanol–water partition coefficient (Wildman–Crippen LogP) is 3.44. The molecule has 8 heteroatoms. The average molecular weight is 368 g/mol. The number of rotatable bonds is 3. The second-order valence-electron chi connectivity index (χ2n) is 5.39. The number of fused-ring (bicyclic) bond motifs is 1. The molecular weight excluding hydrogens is 356 g/mol. The van der Waals surface area contributed by atoms with Crippen LogP contribution in [0.3, 0.4) is 0 Å². The molecule has 3 aromatic heterocycles. The van der Waals surface area contributed by atoms with Gasteiger partial charge in [-0.15, -0.1) is 22.7 Å². The molecule has 0 aliphatic heterocycles. The molecule has 0 unspecified atom stereocenters. The first-order chi connectivity index (χ1) is 12.1.